The Bertz CT molecular complexity index is 443. The fraction of sp³-hybridized carbons (Fsp3) is 0.385. The van der Waals surface area contributed by atoms with E-state index in [0.717, 1.165) is 24.9 Å². The number of nitrogens with zero attached hydrogens (tertiary/aromatic N) is 1. The largest absolute Gasteiger partial charge is 0.326 e. The van der Waals surface area contributed by atoms with Gasteiger partial charge in [0, 0.05) is 18.7 Å². The molecular formula is C13H16N2O2. The van der Waals surface area contributed by atoms with Crippen LogP contribution in [0.25, 0.3) is 0 Å². The number of carbonyl (C=O) groups is 2. The lowest BCUT2D eigenvalue weighted by Crippen LogP contribution is -2.21. The standard InChI is InChI=1S/C13H16N2O2/c1-15(6-7-16)9-10-2-4-12-11(8-10)3-5-13(17)14-12/h2,4,7-8H,3,5-6,9H2,1H3,(H,14,17). The molecule has 90 valence electrons. The molecule has 2 rings (SSSR count). The second-order valence-electron chi connectivity index (χ2n) is 4.40. The molecule has 0 fully saturated rings. The van der Waals surface area contributed by atoms with Gasteiger partial charge in [0.05, 0.1) is 6.54 Å². The Labute approximate surface area is 101 Å². The number of carbonyl (C=O) groups excluding carboxylic acids is 2. The maximum Gasteiger partial charge on any atom is 0.224 e. The molecule has 0 saturated carbocycles. The minimum atomic E-state index is 0.0864. The fourth-order valence-electron chi connectivity index (χ4n) is 2.04. The summed E-state index contributed by atoms with van der Waals surface area (Å²) in [6, 6.07) is 6.04. The van der Waals surface area contributed by atoms with Crippen LogP contribution in [0.5, 0.6) is 0 Å². The van der Waals surface area contributed by atoms with Gasteiger partial charge in [-0.3, -0.25) is 9.69 Å². The first-order valence-corrected chi connectivity index (χ1v) is 5.73. The van der Waals surface area contributed by atoms with Crippen LogP contribution in [0.4, 0.5) is 5.69 Å². The number of aldehydes is 1. The zero-order chi connectivity index (χ0) is 12.3. The van der Waals surface area contributed by atoms with Crippen molar-refractivity contribution in [1.82, 2.24) is 4.90 Å². The normalized spacial score (nSPS) is 14.4. The summed E-state index contributed by atoms with van der Waals surface area (Å²) < 4.78 is 0. The zero-order valence-electron chi connectivity index (χ0n) is 9.90. The van der Waals surface area contributed by atoms with Crippen LogP contribution in [0, 0.1) is 0 Å². The van der Waals surface area contributed by atoms with Crippen molar-refractivity contribution in [2.45, 2.75) is 19.4 Å². The monoisotopic (exact) mass is 232 g/mol. The van der Waals surface area contributed by atoms with Gasteiger partial charge in [0.15, 0.2) is 0 Å². The molecule has 1 aliphatic rings. The van der Waals surface area contributed by atoms with Crippen molar-refractivity contribution < 1.29 is 9.59 Å². The number of hydrogen-bond acceptors (Lipinski definition) is 3. The van der Waals surface area contributed by atoms with Crippen molar-refractivity contribution >= 4 is 17.9 Å². The maximum absolute atomic E-state index is 11.2. The number of anilines is 1. The van der Waals surface area contributed by atoms with Gasteiger partial charge in [-0.05, 0) is 30.7 Å². The summed E-state index contributed by atoms with van der Waals surface area (Å²) in [5.74, 6) is 0.0864. The second-order valence-corrected chi connectivity index (χ2v) is 4.40. The highest BCUT2D eigenvalue weighted by molar-refractivity contribution is 5.93. The third-order valence-electron chi connectivity index (χ3n) is 2.90. The van der Waals surface area contributed by atoms with E-state index in [4.69, 9.17) is 0 Å². The molecule has 1 amide bonds. The van der Waals surface area contributed by atoms with E-state index in [1.807, 2.05) is 24.1 Å². The van der Waals surface area contributed by atoms with Gasteiger partial charge >= 0.3 is 0 Å². The summed E-state index contributed by atoms with van der Waals surface area (Å²) in [5.41, 5.74) is 3.27. The van der Waals surface area contributed by atoms with Crippen LogP contribution in [0.15, 0.2) is 18.2 Å². The predicted molar refractivity (Wildman–Crippen MR) is 65.8 cm³/mol. The molecule has 1 heterocycles. The molecule has 0 aliphatic carbocycles. The van der Waals surface area contributed by atoms with E-state index in [0.29, 0.717) is 13.0 Å². The minimum Gasteiger partial charge on any atom is -0.326 e. The number of rotatable bonds is 4. The number of likely N-dealkylation sites (N-methyl/N-ethyl adjacent to an activating group) is 1. The molecule has 0 saturated heterocycles. The number of benzene rings is 1. The predicted octanol–water partition coefficient (Wildman–Crippen LogP) is 1.20. The summed E-state index contributed by atoms with van der Waals surface area (Å²) in [6.45, 7) is 1.19. The van der Waals surface area contributed by atoms with Crippen LogP contribution in [-0.2, 0) is 22.6 Å². The van der Waals surface area contributed by atoms with E-state index in [1.54, 1.807) is 0 Å². The average molecular weight is 232 g/mol. The minimum absolute atomic E-state index is 0.0864. The van der Waals surface area contributed by atoms with Crippen LogP contribution in [0.2, 0.25) is 0 Å². The van der Waals surface area contributed by atoms with Gasteiger partial charge in [-0.1, -0.05) is 12.1 Å². The third-order valence-corrected chi connectivity index (χ3v) is 2.90. The highest BCUT2D eigenvalue weighted by Crippen LogP contribution is 2.23. The average Bonchev–Trinajstić information content (AvgIpc) is 2.29. The molecule has 1 N–H and O–H groups in total. The molecule has 1 aromatic carbocycles. The van der Waals surface area contributed by atoms with Crippen molar-refractivity contribution in [3.63, 3.8) is 0 Å². The first-order valence-electron chi connectivity index (χ1n) is 5.73. The molecule has 0 aromatic heterocycles. The molecule has 0 radical (unpaired) electrons. The molecule has 4 heteroatoms. The van der Waals surface area contributed by atoms with Gasteiger partial charge in [-0.25, -0.2) is 0 Å². The zero-order valence-corrected chi connectivity index (χ0v) is 9.90. The summed E-state index contributed by atoms with van der Waals surface area (Å²) >= 11 is 0. The Hall–Kier alpha value is -1.68. The number of nitrogens with one attached hydrogen (secondary N) is 1. The van der Waals surface area contributed by atoms with Gasteiger partial charge < -0.3 is 10.1 Å². The Morgan fingerprint density at radius 1 is 1.41 bits per heavy atom. The topological polar surface area (TPSA) is 49.4 Å². The van der Waals surface area contributed by atoms with Gasteiger partial charge in [0.2, 0.25) is 5.91 Å². The third kappa shape index (κ3) is 2.91. The van der Waals surface area contributed by atoms with Crippen molar-refractivity contribution in [2.24, 2.45) is 0 Å². The Balaban J connectivity index is 2.11. The van der Waals surface area contributed by atoms with E-state index in [1.165, 1.54) is 11.1 Å². The van der Waals surface area contributed by atoms with Crippen molar-refractivity contribution in [3.8, 4) is 0 Å². The Morgan fingerprint density at radius 2 is 2.24 bits per heavy atom. The SMILES string of the molecule is CN(CC=O)Cc1ccc2c(c1)CCC(=O)N2. The van der Waals surface area contributed by atoms with Gasteiger partial charge in [-0.15, -0.1) is 0 Å². The molecule has 0 unspecified atom stereocenters. The van der Waals surface area contributed by atoms with E-state index in [2.05, 4.69) is 11.4 Å². The number of aryl methyl sites for hydroxylation is 1. The maximum atomic E-state index is 11.2. The Morgan fingerprint density at radius 3 is 3.00 bits per heavy atom. The van der Waals surface area contributed by atoms with Gasteiger partial charge in [-0.2, -0.15) is 0 Å². The highest BCUT2D eigenvalue weighted by atomic mass is 16.1. The molecule has 4 nitrogen and oxygen atoms in total. The van der Waals surface area contributed by atoms with Crippen LogP contribution >= 0.6 is 0 Å². The quantitative estimate of drug-likeness (QED) is 0.794. The lowest BCUT2D eigenvalue weighted by molar-refractivity contribution is -0.116. The smallest absolute Gasteiger partial charge is 0.224 e. The lowest BCUT2D eigenvalue weighted by atomic mass is 10.0. The van der Waals surface area contributed by atoms with E-state index in [9.17, 15) is 9.59 Å². The highest BCUT2D eigenvalue weighted by Gasteiger charge is 2.14. The van der Waals surface area contributed by atoms with Crippen LogP contribution in [-0.4, -0.2) is 30.7 Å². The first kappa shape index (κ1) is 11.8. The van der Waals surface area contributed by atoms with Crippen LogP contribution < -0.4 is 5.32 Å². The number of hydrogen-bond donors (Lipinski definition) is 1. The van der Waals surface area contributed by atoms with Crippen molar-refractivity contribution in [3.05, 3.63) is 29.3 Å². The van der Waals surface area contributed by atoms with Crippen molar-refractivity contribution in [2.75, 3.05) is 18.9 Å². The summed E-state index contributed by atoms with van der Waals surface area (Å²) in [5, 5.41) is 2.86. The van der Waals surface area contributed by atoms with E-state index < -0.39 is 0 Å². The Kier molecular flexibility index (Phi) is 3.54. The molecular weight excluding hydrogens is 216 g/mol. The van der Waals surface area contributed by atoms with Gasteiger partial charge in [0.25, 0.3) is 0 Å². The van der Waals surface area contributed by atoms with E-state index >= 15 is 0 Å². The fourth-order valence-corrected chi connectivity index (χ4v) is 2.04. The van der Waals surface area contributed by atoms with Crippen LogP contribution in [0.3, 0.4) is 0 Å². The van der Waals surface area contributed by atoms with Gasteiger partial charge in [0.1, 0.15) is 6.29 Å². The first-order chi connectivity index (χ1) is 8.19. The summed E-state index contributed by atoms with van der Waals surface area (Å²) in [7, 11) is 1.91. The molecule has 0 spiro atoms. The molecule has 1 aliphatic heterocycles. The van der Waals surface area contributed by atoms with E-state index in [-0.39, 0.29) is 5.91 Å². The molecule has 17 heavy (non-hydrogen) atoms. The second kappa shape index (κ2) is 5.10. The number of fused-ring (bicyclic) bond motifs is 1. The number of amides is 1. The van der Waals surface area contributed by atoms with Crippen molar-refractivity contribution in [1.29, 1.82) is 0 Å². The van der Waals surface area contributed by atoms with Crippen LogP contribution in [0.1, 0.15) is 17.5 Å². The summed E-state index contributed by atoms with van der Waals surface area (Å²) in [6.07, 6.45) is 2.26. The molecule has 1 aromatic rings. The molecule has 0 atom stereocenters. The summed E-state index contributed by atoms with van der Waals surface area (Å²) in [4.78, 5) is 23.6. The molecule has 0 bridgehead atoms. The lowest BCUT2D eigenvalue weighted by Gasteiger charge is -2.19.